The Labute approximate surface area is 91.8 Å². The molecule has 0 unspecified atom stereocenters. The first kappa shape index (κ1) is 10.4. The van der Waals surface area contributed by atoms with Gasteiger partial charge >= 0.3 is 5.97 Å². The minimum Gasteiger partial charge on any atom is -0.479 e. The maximum Gasteiger partial charge on any atom is 0.343 e. The lowest BCUT2D eigenvalue weighted by molar-refractivity contribution is 0.0596. The summed E-state index contributed by atoms with van der Waals surface area (Å²) < 4.78 is 11.1. The number of aromatic nitrogens is 3. The van der Waals surface area contributed by atoms with Gasteiger partial charge in [0.05, 0.1) is 25.4 Å². The molecule has 0 N–H and O–H groups in total. The van der Waals surface area contributed by atoms with E-state index in [1.54, 1.807) is 6.07 Å². The number of hydrogen-bond donors (Lipinski definition) is 0. The van der Waals surface area contributed by atoms with Crippen LogP contribution in [0, 0.1) is 6.92 Å². The van der Waals surface area contributed by atoms with Crippen LogP contribution in [0.2, 0.25) is 0 Å². The fourth-order valence-electron chi connectivity index (χ4n) is 1.44. The summed E-state index contributed by atoms with van der Waals surface area (Å²) in [7, 11) is 2.75. The predicted octanol–water partition coefficient (Wildman–Crippen LogP) is 0.833. The number of methoxy groups -OCH3 is 2. The third kappa shape index (κ3) is 1.58. The smallest absolute Gasteiger partial charge is 0.343 e. The Morgan fingerprint density at radius 1 is 1.31 bits per heavy atom. The van der Waals surface area contributed by atoms with Crippen LogP contribution in [0.4, 0.5) is 0 Å². The quantitative estimate of drug-likeness (QED) is 0.703. The third-order valence-electron chi connectivity index (χ3n) is 2.15. The molecule has 0 aliphatic heterocycles. The lowest BCUT2D eigenvalue weighted by atomic mass is 10.2. The lowest BCUT2D eigenvalue weighted by Gasteiger charge is -2.05. The second kappa shape index (κ2) is 3.80. The van der Waals surface area contributed by atoms with Crippen molar-refractivity contribution in [2.45, 2.75) is 6.92 Å². The first-order valence-electron chi connectivity index (χ1n) is 4.65. The molecule has 16 heavy (non-hydrogen) atoms. The van der Waals surface area contributed by atoms with Crippen LogP contribution >= 0.6 is 0 Å². The van der Waals surface area contributed by atoms with E-state index in [0.29, 0.717) is 0 Å². The molecule has 0 fully saturated rings. The van der Waals surface area contributed by atoms with E-state index in [1.807, 2.05) is 13.0 Å². The average Bonchev–Trinajstić information content (AvgIpc) is 2.65. The summed E-state index contributed by atoms with van der Waals surface area (Å²) in [5.74, 6) is -0.284. The van der Waals surface area contributed by atoms with Gasteiger partial charge in [-0.3, -0.25) is 0 Å². The van der Waals surface area contributed by atoms with E-state index in [-0.39, 0.29) is 11.4 Å². The number of carbonyl (C=O) groups excluding carboxylic acids is 1. The Hall–Kier alpha value is -2.11. The molecule has 2 aromatic heterocycles. The number of fused-ring (bicyclic) bond motifs is 1. The molecular formula is C10H11N3O3. The van der Waals surface area contributed by atoms with Crippen LogP contribution < -0.4 is 4.74 Å². The Morgan fingerprint density at radius 3 is 2.69 bits per heavy atom. The van der Waals surface area contributed by atoms with E-state index in [9.17, 15) is 4.79 Å². The van der Waals surface area contributed by atoms with Crippen LogP contribution in [0.5, 0.6) is 5.88 Å². The Kier molecular flexibility index (Phi) is 2.47. The van der Waals surface area contributed by atoms with Crippen LogP contribution in [-0.2, 0) is 4.74 Å². The average molecular weight is 221 g/mol. The maximum absolute atomic E-state index is 11.5. The van der Waals surface area contributed by atoms with Crippen molar-refractivity contribution < 1.29 is 14.3 Å². The first-order chi connectivity index (χ1) is 7.65. The number of aryl methyl sites for hydroxylation is 1. The normalized spacial score (nSPS) is 10.4. The third-order valence-corrected chi connectivity index (χ3v) is 2.15. The van der Waals surface area contributed by atoms with Gasteiger partial charge in [-0.25, -0.2) is 4.79 Å². The molecule has 6 heteroatoms. The van der Waals surface area contributed by atoms with Gasteiger partial charge in [0.1, 0.15) is 5.56 Å². The Balaban J connectivity index is 2.66. The van der Waals surface area contributed by atoms with Crippen molar-refractivity contribution in [2.24, 2.45) is 0 Å². The zero-order valence-corrected chi connectivity index (χ0v) is 9.22. The van der Waals surface area contributed by atoms with E-state index in [1.165, 1.54) is 18.8 Å². The van der Waals surface area contributed by atoms with Crippen molar-refractivity contribution in [1.82, 2.24) is 14.8 Å². The van der Waals surface area contributed by atoms with Crippen molar-refractivity contribution in [1.29, 1.82) is 0 Å². The summed E-state index contributed by atoms with van der Waals surface area (Å²) in [5.41, 5.74) is 1.83. The maximum atomic E-state index is 11.5. The van der Waals surface area contributed by atoms with Crippen molar-refractivity contribution in [3.63, 3.8) is 0 Å². The highest BCUT2D eigenvalue weighted by Crippen LogP contribution is 2.18. The molecule has 0 saturated heterocycles. The highest BCUT2D eigenvalue weighted by molar-refractivity contribution is 5.92. The molecule has 0 aliphatic carbocycles. The summed E-state index contributed by atoms with van der Waals surface area (Å²) in [6.45, 7) is 1.85. The molecule has 0 amide bonds. The van der Waals surface area contributed by atoms with Gasteiger partial charge < -0.3 is 9.47 Å². The molecule has 0 aliphatic rings. The zero-order chi connectivity index (χ0) is 11.7. The highest BCUT2D eigenvalue weighted by Gasteiger charge is 2.16. The highest BCUT2D eigenvalue weighted by atomic mass is 16.5. The molecule has 2 aromatic rings. The van der Waals surface area contributed by atoms with E-state index in [0.717, 1.165) is 11.2 Å². The molecule has 2 heterocycles. The Bertz CT molecular complexity index is 547. The van der Waals surface area contributed by atoms with Gasteiger partial charge in [0, 0.05) is 0 Å². The molecule has 84 valence electrons. The SMILES string of the molecule is COC(=O)c1cc2cc(C)nn2nc1OC. The molecule has 2 rings (SSSR count). The van der Waals surface area contributed by atoms with E-state index in [2.05, 4.69) is 14.9 Å². The van der Waals surface area contributed by atoms with E-state index >= 15 is 0 Å². The number of ether oxygens (including phenoxy) is 2. The van der Waals surface area contributed by atoms with Crippen molar-refractivity contribution in [2.75, 3.05) is 14.2 Å². The van der Waals surface area contributed by atoms with Gasteiger partial charge in [0.15, 0.2) is 0 Å². The van der Waals surface area contributed by atoms with Gasteiger partial charge in [-0.05, 0) is 19.1 Å². The number of esters is 1. The molecule has 6 nitrogen and oxygen atoms in total. The first-order valence-corrected chi connectivity index (χ1v) is 4.65. The molecule has 0 aromatic carbocycles. The Morgan fingerprint density at radius 2 is 2.06 bits per heavy atom. The summed E-state index contributed by atoms with van der Waals surface area (Å²) in [6, 6.07) is 3.45. The second-order valence-corrected chi connectivity index (χ2v) is 3.26. The molecule has 0 saturated carbocycles. The van der Waals surface area contributed by atoms with Crippen molar-refractivity contribution >= 4 is 11.5 Å². The molecule has 0 atom stereocenters. The lowest BCUT2D eigenvalue weighted by Crippen LogP contribution is -2.08. The van der Waals surface area contributed by atoms with Crippen LogP contribution in [-0.4, -0.2) is 35.0 Å². The van der Waals surface area contributed by atoms with Crippen LogP contribution in [0.3, 0.4) is 0 Å². The molecule has 0 bridgehead atoms. The van der Waals surface area contributed by atoms with E-state index < -0.39 is 5.97 Å². The second-order valence-electron chi connectivity index (χ2n) is 3.26. The molecular weight excluding hydrogens is 210 g/mol. The standard InChI is InChI=1S/C10H11N3O3/c1-6-4-7-5-8(10(14)16-3)9(15-2)12-13(7)11-6/h4-5H,1-3H3. The fraction of sp³-hybridized carbons (Fsp3) is 0.300. The number of rotatable bonds is 2. The number of hydrogen-bond acceptors (Lipinski definition) is 5. The zero-order valence-electron chi connectivity index (χ0n) is 9.22. The van der Waals surface area contributed by atoms with Crippen LogP contribution in [0.25, 0.3) is 5.52 Å². The monoisotopic (exact) mass is 221 g/mol. The number of carbonyl (C=O) groups is 1. The fourth-order valence-corrected chi connectivity index (χ4v) is 1.44. The van der Waals surface area contributed by atoms with Crippen LogP contribution in [0.1, 0.15) is 16.1 Å². The van der Waals surface area contributed by atoms with Crippen molar-refractivity contribution in [3.8, 4) is 5.88 Å². The topological polar surface area (TPSA) is 65.7 Å². The summed E-state index contributed by atoms with van der Waals surface area (Å²) in [5, 5.41) is 8.19. The van der Waals surface area contributed by atoms with Gasteiger partial charge in [0.25, 0.3) is 0 Å². The predicted molar refractivity (Wildman–Crippen MR) is 55.6 cm³/mol. The van der Waals surface area contributed by atoms with E-state index in [4.69, 9.17) is 4.74 Å². The van der Waals surface area contributed by atoms with Gasteiger partial charge in [-0.1, -0.05) is 0 Å². The minimum absolute atomic E-state index is 0.197. The summed E-state index contributed by atoms with van der Waals surface area (Å²) in [4.78, 5) is 11.5. The largest absolute Gasteiger partial charge is 0.479 e. The number of nitrogens with zero attached hydrogens (tertiary/aromatic N) is 3. The molecule has 0 spiro atoms. The van der Waals surface area contributed by atoms with Gasteiger partial charge in [-0.15, -0.1) is 9.73 Å². The van der Waals surface area contributed by atoms with Crippen LogP contribution in [0.15, 0.2) is 12.1 Å². The minimum atomic E-state index is -0.481. The van der Waals surface area contributed by atoms with Gasteiger partial charge in [-0.2, -0.15) is 5.10 Å². The van der Waals surface area contributed by atoms with Crippen molar-refractivity contribution in [3.05, 3.63) is 23.4 Å². The van der Waals surface area contributed by atoms with Gasteiger partial charge in [0.2, 0.25) is 5.88 Å². The molecule has 0 radical (unpaired) electrons. The summed E-state index contributed by atoms with van der Waals surface area (Å²) >= 11 is 0. The summed E-state index contributed by atoms with van der Waals surface area (Å²) in [6.07, 6.45) is 0.